The molecule has 1 aromatic rings. The molecule has 0 unspecified atom stereocenters. The van der Waals surface area contributed by atoms with Crippen LogP contribution in [0.3, 0.4) is 0 Å². The van der Waals surface area contributed by atoms with Gasteiger partial charge in [0, 0.05) is 19.5 Å². The fourth-order valence-electron chi connectivity index (χ4n) is 3.33. The Balaban J connectivity index is 1.56. The highest BCUT2D eigenvalue weighted by molar-refractivity contribution is 5.78. The summed E-state index contributed by atoms with van der Waals surface area (Å²) in [6.07, 6.45) is 2.85. The van der Waals surface area contributed by atoms with Crippen molar-refractivity contribution in [3.8, 4) is 0 Å². The molecule has 0 bridgehead atoms. The minimum atomic E-state index is -0.178. The predicted octanol–water partition coefficient (Wildman–Crippen LogP) is 1.71. The molecule has 0 aromatic carbocycles. The van der Waals surface area contributed by atoms with Crippen LogP contribution in [0.15, 0.2) is 16.5 Å². The van der Waals surface area contributed by atoms with Crippen LogP contribution in [-0.2, 0) is 22.5 Å². The topological polar surface area (TPSA) is 54.7 Å². The summed E-state index contributed by atoms with van der Waals surface area (Å²) >= 11 is 0. The average molecular weight is 292 g/mol. The zero-order valence-electron chi connectivity index (χ0n) is 12.9. The van der Waals surface area contributed by atoms with Gasteiger partial charge in [-0.3, -0.25) is 9.69 Å². The Labute approximate surface area is 125 Å². The number of nitrogens with one attached hydrogen (secondary N) is 1. The second kappa shape index (κ2) is 5.81. The van der Waals surface area contributed by atoms with E-state index >= 15 is 0 Å². The van der Waals surface area contributed by atoms with Crippen LogP contribution in [0.25, 0.3) is 0 Å². The maximum Gasteiger partial charge on any atom is 0.246 e. The molecule has 0 radical (unpaired) electrons. The van der Waals surface area contributed by atoms with Crippen LogP contribution >= 0.6 is 0 Å². The molecular weight excluding hydrogens is 268 g/mol. The first-order valence-corrected chi connectivity index (χ1v) is 7.84. The van der Waals surface area contributed by atoms with Gasteiger partial charge in [-0.05, 0) is 31.9 Å². The summed E-state index contributed by atoms with van der Waals surface area (Å²) < 4.78 is 11.7. The van der Waals surface area contributed by atoms with Gasteiger partial charge in [-0.15, -0.1) is 0 Å². The normalized spacial score (nSPS) is 26.0. The first-order valence-electron chi connectivity index (χ1n) is 7.84. The van der Waals surface area contributed by atoms with Gasteiger partial charge in [-0.2, -0.15) is 0 Å². The van der Waals surface area contributed by atoms with Crippen molar-refractivity contribution < 1.29 is 13.9 Å². The quantitative estimate of drug-likeness (QED) is 0.921. The molecule has 1 atom stereocenters. The van der Waals surface area contributed by atoms with Gasteiger partial charge >= 0.3 is 0 Å². The molecule has 116 valence electrons. The molecule has 0 aliphatic carbocycles. The Morgan fingerprint density at radius 3 is 2.67 bits per heavy atom. The standard InChI is InChI=1S/C16H24N2O3/c1-3-13-4-5-14(21-13)10-18-8-6-16(7-9-18)12(2)17-15(19)11-20-16/h4-5,12H,3,6-11H2,1-2H3,(H,17,19)/t12-/m1/s1. The molecule has 0 saturated carbocycles. The molecule has 1 amide bonds. The fraction of sp³-hybridized carbons (Fsp3) is 0.688. The Morgan fingerprint density at radius 2 is 2.05 bits per heavy atom. The molecular formula is C16H24N2O3. The van der Waals surface area contributed by atoms with Crippen LogP contribution in [0.1, 0.15) is 38.2 Å². The summed E-state index contributed by atoms with van der Waals surface area (Å²) in [5.74, 6) is 2.08. The zero-order valence-corrected chi connectivity index (χ0v) is 12.9. The number of furan rings is 1. The highest BCUT2D eigenvalue weighted by atomic mass is 16.5. The second-order valence-corrected chi connectivity index (χ2v) is 6.14. The van der Waals surface area contributed by atoms with Crippen molar-refractivity contribution in [2.45, 2.75) is 51.3 Å². The second-order valence-electron chi connectivity index (χ2n) is 6.14. The largest absolute Gasteiger partial charge is 0.465 e. The number of hydrogen-bond acceptors (Lipinski definition) is 4. The fourth-order valence-corrected chi connectivity index (χ4v) is 3.33. The first-order chi connectivity index (χ1) is 10.1. The maximum atomic E-state index is 11.4. The van der Waals surface area contributed by atoms with Crippen molar-refractivity contribution in [2.24, 2.45) is 0 Å². The molecule has 1 aromatic heterocycles. The Kier molecular flexibility index (Phi) is 4.04. The molecule has 1 N–H and O–H groups in total. The number of hydrogen-bond donors (Lipinski definition) is 1. The van der Waals surface area contributed by atoms with Crippen molar-refractivity contribution in [3.05, 3.63) is 23.7 Å². The van der Waals surface area contributed by atoms with E-state index in [2.05, 4.69) is 29.3 Å². The lowest BCUT2D eigenvalue weighted by molar-refractivity contribution is -0.159. The van der Waals surface area contributed by atoms with E-state index in [4.69, 9.17) is 9.15 Å². The minimum Gasteiger partial charge on any atom is -0.465 e. The number of carbonyl (C=O) groups excluding carboxylic acids is 1. The maximum absolute atomic E-state index is 11.4. The molecule has 2 saturated heterocycles. The third kappa shape index (κ3) is 2.99. The molecule has 3 heterocycles. The lowest BCUT2D eigenvalue weighted by Gasteiger charge is -2.47. The van der Waals surface area contributed by atoms with Gasteiger partial charge in [0.2, 0.25) is 5.91 Å². The number of amides is 1. The van der Waals surface area contributed by atoms with Gasteiger partial charge in [-0.25, -0.2) is 0 Å². The van der Waals surface area contributed by atoms with Crippen LogP contribution in [-0.4, -0.2) is 42.1 Å². The van der Waals surface area contributed by atoms with E-state index in [-0.39, 0.29) is 24.2 Å². The van der Waals surface area contributed by atoms with Crippen molar-refractivity contribution in [1.29, 1.82) is 0 Å². The highest BCUT2D eigenvalue weighted by Crippen LogP contribution is 2.32. The Bertz CT molecular complexity index is 503. The molecule has 2 fully saturated rings. The third-order valence-electron chi connectivity index (χ3n) is 4.80. The summed E-state index contributed by atoms with van der Waals surface area (Å²) in [5.41, 5.74) is -0.178. The van der Waals surface area contributed by atoms with E-state index in [1.54, 1.807) is 0 Å². The summed E-state index contributed by atoms with van der Waals surface area (Å²) in [6, 6.07) is 4.22. The number of likely N-dealkylation sites (tertiary alicyclic amines) is 1. The number of carbonyl (C=O) groups is 1. The summed E-state index contributed by atoms with van der Waals surface area (Å²) in [5, 5.41) is 3.01. The van der Waals surface area contributed by atoms with Crippen LogP contribution < -0.4 is 5.32 Å². The molecule has 21 heavy (non-hydrogen) atoms. The van der Waals surface area contributed by atoms with E-state index in [0.717, 1.165) is 50.4 Å². The lowest BCUT2D eigenvalue weighted by atomic mass is 9.83. The van der Waals surface area contributed by atoms with Crippen LogP contribution in [0.2, 0.25) is 0 Å². The van der Waals surface area contributed by atoms with Gasteiger partial charge < -0.3 is 14.5 Å². The minimum absolute atomic E-state index is 0.00163. The lowest BCUT2D eigenvalue weighted by Crippen LogP contribution is -2.62. The van der Waals surface area contributed by atoms with Gasteiger partial charge in [0.1, 0.15) is 18.1 Å². The third-order valence-corrected chi connectivity index (χ3v) is 4.80. The van der Waals surface area contributed by atoms with E-state index in [1.807, 2.05) is 6.92 Å². The summed E-state index contributed by atoms with van der Waals surface area (Å²) in [6.45, 7) is 7.15. The molecule has 3 rings (SSSR count). The Hall–Kier alpha value is -1.33. The first kappa shape index (κ1) is 14.6. The van der Waals surface area contributed by atoms with Gasteiger partial charge in [0.15, 0.2) is 0 Å². The smallest absolute Gasteiger partial charge is 0.246 e. The van der Waals surface area contributed by atoms with E-state index < -0.39 is 0 Å². The van der Waals surface area contributed by atoms with Crippen molar-refractivity contribution in [2.75, 3.05) is 19.7 Å². The summed E-state index contributed by atoms with van der Waals surface area (Å²) in [4.78, 5) is 13.8. The van der Waals surface area contributed by atoms with Crippen molar-refractivity contribution >= 4 is 5.91 Å². The number of aryl methyl sites for hydroxylation is 1. The van der Waals surface area contributed by atoms with Gasteiger partial charge in [0.05, 0.1) is 18.2 Å². The van der Waals surface area contributed by atoms with Crippen LogP contribution in [0.5, 0.6) is 0 Å². The predicted molar refractivity (Wildman–Crippen MR) is 78.9 cm³/mol. The van der Waals surface area contributed by atoms with E-state index in [9.17, 15) is 4.79 Å². The molecule has 2 aliphatic rings. The van der Waals surface area contributed by atoms with Gasteiger partial charge in [0.25, 0.3) is 0 Å². The number of piperidine rings is 1. The number of rotatable bonds is 3. The average Bonchev–Trinajstić information content (AvgIpc) is 2.93. The SMILES string of the molecule is CCc1ccc(CN2CCC3(CC2)OCC(=O)N[C@@H]3C)o1. The highest BCUT2D eigenvalue weighted by Gasteiger charge is 2.44. The van der Waals surface area contributed by atoms with E-state index in [1.165, 1.54) is 0 Å². The van der Waals surface area contributed by atoms with E-state index in [0.29, 0.717) is 0 Å². The molecule has 1 spiro atoms. The number of morpholine rings is 1. The van der Waals surface area contributed by atoms with Crippen LogP contribution in [0.4, 0.5) is 0 Å². The van der Waals surface area contributed by atoms with Crippen molar-refractivity contribution in [1.82, 2.24) is 10.2 Å². The molecule has 5 heteroatoms. The molecule has 5 nitrogen and oxygen atoms in total. The van der Waals surface area contributed by atoms with Gasteiger partial charge in [-0.1, -0.05) is 6.92 Å². The number of nitrogens with zero attached hydrogens (tertiary/aromatic N) is 1. The summed E-state index contributed by atoms with van der Waals surface area (Å²) in [7, 11) is 0. The monoisotopic (exact) mass is 292 g/mol. The molecule has 2 aliphatic heterocycles. The van der Waals surface area contributed by atoms with Crippen LogP contribution in [0, 0.1) is 0 Å². The zero-order chi connectivity index (χ0) is 14.9. The Morgan fingerprint density at radius 1 is 1.33 bits per heavy atom. The number of ether oxygens (including phenoxy) is 1. The van der Waals surface area contributed by atoms with Crippen molar-refractivity contribution in [3.63, 3.8) is 0 Å².